The van der Waals surface area contributed by atoms with Gasteiger partial charge in [-0.1, -0.05) is 28.1 Å². The van der Waals surface area contributed by atoms with Crippen molar-refractivity contribution >= 4 is 43.2 Å². The third-order valence-electron chi connectivity index (χ3n) is 4.74. The van der Waals surface area contributed by atoms with Crippen LogP contribution in [0.15, 0.2) is 82.4 Å². The summed E-state index contributed by atoms with van der Waals surface area (Å²) >= 11 is 3.43. The standard InChI is InChI=1S/C22H19BrN4O3S/c1-26(2)31(29,30)19-10-5-16(6-11-19)22(28)24-18-9-12-21-25-20(14-27(21)13-18)15-3-7-17(23)8-4-15/h3-14H,1-2H3,(H,24,28). The first-order valence-electron chi connectivity index (χ1n) is 9.33. The first-order chi connectivity index (χ1) is 14.7. The first kappa shape index (κ1) is 21.2. The van der Waals surface area contributed by atoms with Gasteiger partial charge in [0.05, 0.1) is 16.3 Å². The Labute approximate surface area is 188 Å². The van der Waals surface area contributed by atoms with Crippen molar-refractivity contribution < 1.29 is 13.2 Å². The SMILES string of the molecule is CN(C)S(=O)(=O)c1ccc(C(=O)Nc2ccc3nc(-c4ccc(Br)cc4)cn3c2)cc1. The molecule has 9 heteroatoms. The summed E-state index contributed by atoms with van der Waals surface area (Å²) < 4.78 is 28.3. The number of nitrogens with one attached hydrogen (secondary N) is 1. The van der Waals surface area contributed by atoms with E-state index in [2.05, 4.69) is 26.2 Å². The second kappa shape index (κ2) is 8.26. The van der Waals surface area contributed by atoms with E-state index in [4.69, 9.17) is 0 Å². The molecule has 0 radical (unpaired) electrons. The number of halogens is 1. The molecule has 0 saturated carbocycles. The van der Waals surface area contributed by atoms with Crippen LogP contribution in [0.1, 0.15) is 10.4 Å². The van der Waals surface area contributed by atoms with E-state index in [0.29, 0.717) is 11.3 Å². The van der Waals surface area contributed by atoms with E-state index in [1.165, 1.54) is 38.4 Å². The number of carbonyl (C=O) groups is 1. The molecule has 2 heterocycles. The van der Waals surface area contributed by atoms with Gasteiger partial charge in [-0.15, -0.1) is 0 Å². The number of nitrogens with zero attached hydrogens (tertiary/aromatic N) is 3. The number of amides is 1. The van der Waals surface area contributed by atoms with Crippen LogP contribution in [0.5, 0.6) is 0 Å². The van der Waals surface area contributed by atoms with Gasteiger partial charge in [0, 0.05) is 42.1 Å². The Morgan fingerprint density at radius 2 is 1.65 bits per heavy atom. The number of imidazole rings is 1. The smallest absolute Gasteiger partial charge is 0.255 e. The molecule has 0 aliphatic carbocycles. The Hall–Kier alpha value is -3.01. The number of hydrogen-bond donors (Lipinski definition) is 1. The highest BCUT2D eigenvalue weighted by atomic mass is 79.9. The molecule has 2 aromatic heterocycles. The molecule has 0 saturated heterocycles. The lowest BCUT2D eigenvalue weighted by Crippen LogP contribution is -2.22. The van der Waals surface area contributed by atoms with E-state index >= 15 is 0 Å². The van der Waals surface area contributed by atoms with Crippen LogP contribution in [0.3, 0.4) is 0 Å². The summed E-state index contributed by atoms with van der Waals surface area (Å²) in [6.07, 6.45) is 3.68. The van der Waals surface area contributed by atoms with Gasteiger partial charge in [0.1, 0.15) is 5.65 Å². The minimum absolute atomic E-state index is 0.134. The number of carbonyl (C=O) groups excluding carboxylic acids is 1. The number of benzene rings is 2. The molecule has 7 nitrogen and oxygen atoms in total. The number of sulfonamides is 1. The van der Waals surface area contributed by atoms with Crippen molar-refractivity contribution in [2.45, 2.75) is 4.90 Å². The van der Waals surface area contributed by atoms with Gasteiger partial charge in [0.15, 0.2) is 0 Å². The number of pyridine rings is 1. The van der Waals surface area contributed by atoms with E-state index < -0.39 is 10.0 Å². The van der Waals surface area contributed by atoms with Crippen molar-refractivity contribution in [3.63, 3.8) is 0 Å². The maximum absolute atomic E-state index is 12.6. The molecular formula is C22H19BrN4O3S. The maximum atomic E-state index is 12.6. The molecular weight excluding hydrogens is 480 g/mol. The lowest BCUT2D eigenvalue weighted by Gasteiger charge is -2.11. The van der Waals surface area contributed by atoms with Crippen LogP contribution < -0.4 is 5.32 Å². The lowest BCUT2D eigenvalue weighted by atomic mass is 10.2. The zero-order chi connectivity index (χ0) is 22.2. The summed E-state index contributed by atoms with van der Waals surface area (Å²) in [6.45, 7) is 0. The molecule has 158 valence electrons. The van der Waals surface area contributed by atoms with E-state index in [9.17, 15) is 13.2 Å². The molecule has 0 aliphatic heterocycles. The number of hydrogen-bond acceptors (Lipinski definition) is 4. The van der Waals surface area contributed by atoms with Gasteiger partial charge in [-0.05, 0) is 48.5 Å². The summed E-state index contributed by atoms with van der Waals surface area (Å²) in [6, 6.07) is 17.3. The van der Waals surface area contributed by atoms with E-state index in [1.807, 2.05) is 40.9 Å². The van der Waals surface area contributed by atoms with Crippen LogP contribution in [0.4, 0.5) is 5.69 Å². The normalized spacial score (nSPS) is 11.7. The van der Waals surface area contributed by atoms with Gasteiger partial charge in [0.25, 0.3) is 5.91 Å². The number of anilines is 1. The second-order valence-electron chi connectivity index (χ2n) is 7.08. The second-order valence-corrected chi connectivity index (χ2v) is 10.1. The van der Waals surface area contributed by atoms with Gasteiger partial charge < -0.3 is 9.72 Å². The van der Waals surface area contributed by atoms with E-state index in [1.54, 1.807) is 12.3 Å². The summed E-state index contributed by atoms with van der Waals surface area (Å²) in [5.74, 6) is -0.332. The number of fused-ring (bicyclic) bond motifs is 1. The van der Waals surface area contributed by atoms with Crippen molar-refractivity contribution in [2.75, 3.05) is 19.4 Å². The van der Waals surface area contributed by atoms with Crippen molar-refractivity contribution in [2.24, 2.45) is 0 Å². The molecule has 0 aliphatic rings. The zero-order valence-electron chi connectivity index (χ0n) is 16.8. The predicted molar refractivity (Wildman–Crippen MR) is 124 cm³/mol. The average Bonchev–Trinajstić information content (AvgIpc) is 3.17. The fourth-order valence-electron chi connectivity index (χ4n) is 3.02. The Kier molecular flexibility index (Phi) is 5.65. The van der Waals surface area contributed by atoms with Gasteiger partial charge in [-0.3, -0.25) is 4.79 Å². The fraction of sp³-hybridized carbons (Fsp3) is 0.0909. The van der Waals surface area contributed by atoms with Gasteiger partial charge >= 0.3 is 0 Å². The van der Waals surface area contributed by atoms with Crippen LogP contribution in [0.2, 0.25) is 0 Å². The number of aromatic nitrogens is 2. The molecule has 0 bridgehead atoms. The van der Waals surface area contributed by atoms with Gasteiger partial charge in [-0.25, -0.2) is 17.7 Å². The third kappa shape index (κ3) is 4.39. The first-order valence-corrected chi connectivity index (χ1v) is 11.6. The van der Waals surface area contributed by atoms with Crippen LogP contribution >= 0.6 is 15.9 Å². The minimum atomic E-state index is -3.54. The Morgan fingerprint density at radius 1 is 0.968 bits per heavy atom. The van der Waals surface area contributed by atoms with Crippen molar-refractivity contribution in [3.05, 3.63) is 83.1 Å². The van der Waals surface area contributed by atoms with E-state index in [0.717, 1.165) is 25.7 Å². The van der Waals surface area contributed by atoms with Crippen LogP contribution in [-0.4, -0.2) is 42.1 Å². The topological polar surface area (TPSA) is 83.8 Å². The molecule has 1 N–H and O–H groups in total. The van der Waals surface area contributed by atoms with Gasteiger partial charge in [-0.2, -0.15) is 0 Å². The van der Waals surface area contributed by atoms with Crippen LogP contribution in [0, 0.1) is 0 Å². The fourth-order valence-corrected chi connectivity index (χ4v) is 4.18. The lowest BCUT2D eigenvalue weighted by molar-refractivity contribution is 0.102. The Morgan fingerprint density at radius 3 is 2.29 bits per heavy atom. The van der Waals surface area contributed by atoms with Crippen molar-refractivity contribution in [1.82, 2.24) is 13.7 Å². The zero-order valence-corrected chi connectivity index (χ0v) is 19.2. The molecule has 31 heavy (non-hydrogen) atoms. The highest BCUT2D eigenvalue weighted by Crippen LogP contribution is 2.23. The molecule has 1 amide bonds. The molecule has 2 aromatic carbocycles. The summed E-state index contributed by atoms with van der Waals surface area (Å²) in [7, 11) is -0.612. The summed E-state index contributed by atoms with van der Waals surface area (Å²) in [5, 5.41) is 2.83. The summed E-state index contributed by atoms with van der Waals surface area (Å²) in [4.78, 5) is 17.3. The van der Waals surface area contributed by atoms with Crippen LogP contribution in [-0.2, 0) is 10.0 Å². The average molecular weight is 499 g/mol. The Bertz CT molecular complexity index is 1360. The molecule has 0 spiro atoms. The largest absolute Gasteiger partial charge is 0.321 e. The molecule has 0 atom stereocenters. The van der Waals surface area contributed by atoms with Crippen LogP contribution in [0.25, 0.3) is 16.9 Å². The molecule has 4 rings (SSSR count). The molecule has 4 aromatic rings. The van der Waals surface area contributed by atoms with Crippen molar-refractivity contribution in [3.8, 4) is 11.3 Å². The maximum Gasteiger partial charge on any atom is 0.255 e. The summed E-state index contributed by atoms with van der Waals surface area (Å²) in [5.41, 5.74) is 3.54. The highest BCUT2D eigenvalue weighted by molar-refractivity contribution is 9.10. The minimum Gasteiger partial charge on any atom is -0.321 e. The molecule has 0 unspecified atom stereocenters. The van der Waals surface area contributed by atoms with E-state index in [-0.39, 0.29) is 10.8 Å². The predicted octanol–water partition coefficient (Wildman–Crippen LogP) is 4.27. The third-order valence-corrected chi connectivity index (χ3v) is 7.10. The quantitative estimate of drug-likeness (QED) is 0.445. The van der Waals surface area contributed by atoms with Gasteiger partial charge in [0.2, 0.25) is 10.0 Å². The highest BCUT2D eigenvalue weighted by Gasteiger charge is 2.17. The Balaban J connectivity index is 1.54. The van der Waals surface area contributed by atoms with Crippen molar-refractivity contribution in [1.29, 1.82) is 0 Å². The molecule has 0 fully saturated rings. The number of rotatable bonds is 5. The monoisotopic (exact) mass is 498 g/mol.